The van der Waals surface area contributed by atoms with Crippen LogP contribution in [0.4, 0.5) is 0 Å². The van der Waals surface area contributed by atoms with E-state index in [2.05, 4.69) is 13.2 Å². The van der Waals surface area contributed by atoms with E-state index in [9.17, 15) is 0 Å². The minimum absolute atomic E-state index is 0. The second-order valence-corrected chi connectivity index (χ2v) is 1.92. The van der Waals surface area contributed by atoms with Gasteiger partial charge < -0.3 is 5.73 Å². The Hall–Kier alpha value is -0.250. The first-order chi connectivity index (χ1) is 5.16. The van der Waals surface area contributed by atoms with E-state index in [4.69, 9.17) is 5.73 Å². The molecule has 0 aromatic carbocycles. The first-order valence-electron chi connectivity index (χ1n) is 3.97. The van der Waals surface area contributed by atoms with Gasteiger partial charge in [0.15, 0.2) is 0 Å². The Morgan fingerprint density at radius 3 is 2.00 bits per heavy atom. The molecule has 0 aliphatic carbocycles. The fourth-order valence-electron chi connectivity index (χ4n) is 0.343. The van der Waals surface area contributed by atoms with Gasteiger partial charge in [-0.1, -0.05) is 45.6 Å². The molecule has 0 spiro atoms. The van der Waals surface area contributed by atoms with Crippen molar-refractivity contribution >= 4 is 24.0 Å². The molecule has 2 N–H and O–H groups in total. The van der Waals surface area contributed by atoms with E-state index in [1.165, 1.54) is 0 Å². The first-order valence-corrected chi connectivity index (χ1v) is 3.97. The van der Waals surface area contributed by atoms with E-state index < -0.39 is 0 Å². The van der Waals surface area contributed by atoms with Gasteiger partial charge in [-0.25, -0.2) is 0 Å². The van der Waals surface area contributed by atoms with E-state index in [-0.39, 0.29) is 25.4 Å². The maximum atomic E-state index is 5.27. The van der Waals surface area contributed by atoms with Crippen molar-refractivity contribution in [2.75, 3.05) is 0 Å². The Bertz CT molecular complexity index is 153. The summed E-state index contributed by atoms with van der Waals surface area (Å²) in [4.78, 5) is 0. The highest BCUT2D eigenvalue weighted by Gasteiger charge is 1.79. The van der Waals surface area contributed by atoms with E-state index in [0.29, 0.717) is 5.70 Å². The molecule has 0 amide bonds. The van der Waals surface area contributed by atoms with Crippen LogP contribution in [0, 0.1) is 0 Å². The minimum atomic E-state index is 0. The average molecular weight is 283 g/mol. The van der Waals surface area contributed by atoms with Crippen molar-refractivity contribution in [1.82, 2.24) is 0 Å². The minimum Gasteiger partial charge on any atom is -0.399 e. The van der Waals surface area contributed by atoms with Gasteiger partial charge >= 0.3 is 0 Å². The molecule has 0 aromatic heterocycles. The molecule has 0 atom stereocenters. The van der Waals surface area contributed by atoms with Gasteiger partial charge in [-0.2, -0.15) is 0 Å². The quantitative estimate of drug-likeness (QED) is 0.617. The van der Waals surface area contributed by atoms with Crippen LogP contribution in [0.2, 0.25) is 0 Å². The van der Waals surface area contributed by atoms with Crippen molar-refractivity contribution in [3.8, 4) is 0 Å². The molecule has 0 heterocycles. The highest BCUT2D eigenvalue weighted by atomic mass is 127. The average Bonchev–Trinajstić information content (AvgIpc) is 2.04. The molecule has 0 rings (SSSR count). The van der Waals surface area contributed by atoms with Crippen LogP contribution in [0.25, 0.3) is 0 Å². The third-order valence-electron chi connectivity index (χ3n) is 0.987. The van der Waals surface area contributed by atoms with Crippen LogP contribution in [0.1, 0.15) is 28.6 Å². The molecule has 0 aromatic rings. The summed E-state index contributed by atoms with van der Waals surface area (Å²) in [7, 11) is 0. The molecule has 1 nitrogen and oxygen atoms in total. The van der Waals surface area contributed by atoms with Crippen LogP contribution in [0.15, 0.2) is 36.6 Å². The van der Waals surface area contributed by atoms with Gasteiger partial charge in [0.05, 0.1) is 0 Å². The number of allylic oxidation sites excluding steroid dienone is 3. The molecule has 0 bridgehead atoms. The lowest BCUT2D eigenvalue weighted by Crippen LogP contribution is -1.88. The van der Waals surface area contributed by atoms with Crippen LogP contribution in [0.3, 0.4) is 0 Å². The summed E-state index contributed by atoms with van der Waals surface area (Å²) in [5, 5.41) is 0. The Balaban J connectivity index is -0.0000000941. The van der Waals surface area contributed by atoms with Crippen molar-refractivity contribution in [2.45, 2.75) is 27.2 Å². The second-order valence-electron chi connectivity index (χ2n) is 1.92. The lowest BCUT2D eigenvalue weighted by Gasteiger charge is -1.90. The van der Waals surface area contributed by atoms with E-state index >= 15 is 0 Å². The molecule has 0 aliphatic rings. The fourth-order valence-corrected chi connectivity index (χ4v) is 0.343. The van der Waals surface area contributed by atoms with Gasteiger partial charge in [-0.15, -0.1) is 24.0 Å². The summed E-state index contributed by atoms with van der Waals surface area (Å²) in [5.74, 6) is 0. The summed E-state index contributed by atoms with van der Waals surface area (Å²) in [6.07, 6.45) is 4.60. The molecule has 0 aliphatic heterocycles. The zero-order valence-corrected chi connectivity index (χ0v) is 10.6. The Kier molecular flexibility index (Phi) is 19.7. The summed E-state index contributed by atoms with van der Waals surface area (Å²) in [6.45, 7) is 13.3. The van der Waals surface area contributed by atoms with Crippen molar-refractivity contribution in [1.29, 1.82) is 0 Å². The third kappa shape index (κ3) is 16.4. The standard InChI is InChI=1S/C8H13N.C2H6.HI.H2/c1-4-7(2)5-6-8(3)9;1-2;;/h5-6H,2-4,9H2,1H3;1-2H3;2*1H/b6-5-;;;. The normalized spacial score (nSPS) is 7.92. The van der Waals surface area contributed by atoms with Crippen molar-refractivity contribution < 1.29 is 1.43 Å². The van der Waals surface area contributed by atoms with Gasteiger partial charge in [-0.3, -0.25) is 0 Å². The monoisotopic (exact) mass is 283 g/mol. The molecule has 12 heavy (non-hydrogen) atoms. The number of nitrogens with two attached hydrogens (primary N) is 1. The smallest absolute Gasteiger partial charge is 0.0241 e. The van der Waals surface area contributed by atoms with Crippen LogP contribution in [-0.2, 0) is 0 Å². The number of halogens is 1. The Morgan fingerprint density at radius 1 is 1.33 bits per heavy atom. The van der Waals surface area contributed by atoms with E-state index in [1.54, 1.807) is 6.08 Å². The Morgan fingerprint density at radius 2 is 1.75 bits per heavy atom. The topological polar surface area (TPSA) is 26.0 Å². The molecule has 74 valence electrons. The van der Waals surface area contributed by atoms with Crippen molar-refractivity contribution in [2.24, 2.45) is 5.73 Å². The zero-order valence-electron chi connectivity index (χ0n) is 8.26. The zero-order chi connectivity index (χ0) is 9.28. The fraction of sp³-hybridized carbons (Fsp3) is 0.400. The highest BCUT2D eigenvalue weighted by molar-refractivity contribution is 14.0. The van der Waals surface area contributed by atoms with Crippen molar-refractivity contribution in [3.63, 3.8) is 0 Å². The number of hydrogen-bond acceptors (Lipinski definition) is 1. The summed E-state index contributed by atoms with van der Waals surface area (Å²) >= 11 is 0. The number of hydrogen-bond donors (Lipinski definition) is 1. The van der Waals surface area contributed by atoms with Gasteiger partial charge in [0, 0.05) is 7.12 Å². The highest BCUT2D eigenvalue weighted by Crippen LogP contribution is 1.98. The Labute approximate surface area is 94.9 Å². The van der Waals surface area contributed by atoms with E-state index in [0.717, 1.165) is 12.0 Å². The molecule has 0 saturated heterocycles. The predicted octanol–water partition coefficient (Wildman–Crippen LogP) is 3.87. The van der Waals surface area contributed by atoms with Gasteiger partial charge in [0.1, 0.15) is 0 Å². The molecule has 0 fully saturated rings. The summed E-state index contributed by atoms with van der Waals surface area (Å²) in [6, 6.07) is 0. The first kappa shape index (κ1) is 17.7. The molecule has 0 radical (unpaired) electrons. The van der Waals surface area contributed by atoms with Gasteiger partial charge in [-0.05, 0) is 12.5 Å². The van der Waals surface area contributed by atoms with Gasteiger partial charge in [0.25, 0.3) is 0 Å². The molecule has 2 heteroatoms. The lowest BCUT2D eigenvalue weighted by molar-refractivity contribution is 1.16. The van der Waals surface area contributed by atoms with Gasteiger partial charge in [0.2, 0.25) is 0 Å². The predicted molar refractivity (Wildman–Crippen MR) is 70.8 cm³/mol. The maximum absolute atomic E-state index is 5.27. The third-order valence-corrected chi connectivity index (χ3v) is 0.987. The number of rotatable bonds is 3. The van der Waals surface area contributed by atoms with Crippen LogP contribution in [0.5, 0.6) is 0 Å². The molecule has 0 saturated carbocycles. The van der Waals surface area contributed by atoms with Crippen molar-refractivity contribution in [3.05, 3.63) is 36.6 Å². The lowest BCUT2D eigenvalue weighted by atomic mass is 10.2. The summed E-state index contributed by atoms with van der Waals surface area (Å²) in [5.41, 5.74) is 6.92. The van der Waals surface area contributed by atoms with Crippen LogP contribution >= 0.6 is 24.0 Å². The SMILES string of the molecule is C=C(N)/C=C\C(=C)CC.CC.I.[HH]. The maximum Gasteiger partial charge on any atom is 0.0241 e. The second kappa shape index (κ2) is 13.3. The largest absolute Gasteiger partial charge is 0.399 e. The van der Waals surface area contributed by atoms with Crippen LogP contribution in [-0.4, -0.2) is 0 Å². The molecule has 0 unspecified atom stereocenters. The molecular formula is C10H22IN. The van der Waals surface area contributed by atoms with Crippen LogP contribution < -0.4 is 5.73 Å². The van der Waals surface area contributed by atoms with E-state index in [1.807, 2.05) is 26.8 Å². The summed E-state index contributed by atoms with van der Waals surface area (Å²) < 4.78 is 0. The molecular weight excluding hydrogens is 261 g/mol.